The number of hydrogen-bond acceptors (Lipinski definition) is 2. The lowest BCUT2D eigenvalue weighted by molar-refractivity contribution is -0.140. The number of methoxy groups -OCH3 is 1. The summed E-state index contributed by atoms with van der Waals surface area (Å²) in [7, 11) is 1.65. The molecule has 0 atom stereocenters. The minimum atomic E-state index is -0.725. The van der Waals surface area contributed by atoms with E-state index in [9.17, 15) is 9.90 Å². The van der Waals surface area contributed by atoms with Crippen LogP contribution in [-0.4, -0.2) is 18.2 Å². The molecule has 0 amide bonds. The third-order valence-electron chi connectivity index (χ3n) is 3.76. The lowest BCUT2D eigenvalue weighted by Gasteiger charge is -2.28. The van der Waals surface area contributed by atoms with Crippen molar-refractivity contribution in [1.82, 2.24) is 0 Å². The zero-order valence-electron chi connectivity index (χ0n) is 10.5. The normalized spacial score (nSPS) is 17.8. The van der Waals surface area contributed by atoms with Crippen LogP contribution >= 0.6 is 0 Å². The van der Waals surface area contributed by atoms with Crippen LogP contribution in [0.3, 0.4) is 0 Å². The molecule has 92 valence electrons. The number of carboxylic acid groups (broad SMARTS) is 1. The number of carbonyl (C=O) groups is 1. The summed E-state index contributed by atoms with van der Waals surface area (Å²) in [5, 5.41) is 9.38. The fourth-order valence-electron chi connectivity index (χ4n) is 2.26. The van der Waals surface area contributed by atoms with Crippen LogP contribution < -0.4 is 0 Å². The van der Waals surface area contributed by atoms with Crippen molar-refractivity contribution in [2.75, 3.05) is 7.11 Å². The minimum Gasteiger partial charge on any atom is -0.481 e. The predicted molar refractivity (Wildman–Crippen MR) is 65.0 cm³/mol. The summed E-state index contributed by atoms with van der Waals surface area (Å²) in [5.41, 5.74) is 0.746. The Bertz CT molecular complexity index is 445. The average Bonchev–Trinajstić information content (AvgIpc) is 3.10. The molecule has 1 aliphatic rings. The zero-order valence-corrected chi connectivity index (χ0v) is 10.5. The van der Waals surface area contributed by atoms with Crippen molar-refractivity contribution in [1.29, 1.82) is 0 Å². The van der Waals surface area contributed by atoms with Crippen LogP contribution in [0.1, 0.15) is 37.8 Å². The fourth-order valence-corrected chi connectivity index (χ4v) is 2.26. The Morgan fingerprint density at radius 2 is 1.94 bits per heavy atom. The van der Waals surface area contributed by atoms with E-state index in [4.69, 9.17) is 4.74 Å². The topological polar surface area (TPSA) is 46.5 Å². The van der Waals surface area contributed by atoms with E-state index in [0.29, 0.717) is 0 Å². The molecule has 1 aliphatic carbocycles. The maximum atomic E-state index is 11.4. The molecule has 0 spiro atoms. The molecule has 0 aliphatic heterocycles. The van der Waals surface area contributed by atoms with Gasteiger partial charge in [-0.3, -0.25) is 4.79 Å². The Kier molecular flexibility index (Phi) is 2.74. The number of hydrogen-bond donors (Lipinski definition) is 1. The summed E-state index contributed by atoms with van der Waals surface area (Å²) in [6, 6.07) is 7.70. The number of carboxylic acids is 1. The van der Waals surface area contributed by atoms with Crippen LogP contribution in [0.2, 0.25) is 0 Å². The van der Waals surface area contributed by atoms with Gasteiger partial charge < -0.3 is 9.84 Å². The van der Waals surface area contributed by atoms with E-state index in [-0.39, 0.29) is 0 Å². The molecular weight excluding hydrogens is 216 g/mol. The quantitative estimate of drug-likeness (QED) is 0.871. The lowest BCUT2D eigenvalue weighted by Crippen LogP contribution is -2.28. The standard InChI is InChI=1S/C14H18O3/c1-13(2,17-3)10-6-4-5-7-11(10)14(8-9-14)12(15)16/h4-7H,8-9H2,1-3H3,(H,15,16). The second-order valence-electron chi connectivity index (χ2n) is 5.15. The first-order chi connectivity index (χ1) is 7.94. The minimum absolute atomic E-state index is 0.457. The van der Waals surface area contributed by atoms with E-state index in [1.54, 1.807) is 7.11 Å². The molecule has 0 unspecified atom stereocenters. The van der Waals surface area contributed by atoms with E-state index in [0.717, 1.165) is 24.0 Å². The van der Waals surface area contributed by atoms with Gasteiger partial charge in [0, 0.05) is 7.11 Å². The molecule has 0 bridgehead atoms. The Hall–Kier alpha value is -1.35. The highest BCUT2D eigenvalue weighted by Crippen LogP contribution is 2.51. The molecule has 0 saturated heterocycles. The van der Waals surface area contributed by atoms with Crippen molar-refractivity contribution in [2.45, 2.75) is 37.7 Å². The average molecular weight is 234 g/mol. The van der Waals surface area contributed by atoms with Gasteiger partial charge in [-0.1, -0.05) is 24.3 Å². The van der Waals surface area contributed by atoms with Crippen molar-refractivity contribution in [3.63, 3.8) is 0 Å². The van der Waals surface area contributed by atoms with E-state index in [2.05, 4.69) is 0 Å². The van der Waals surface area contributed by atoms with Gasteiger partial charge in [-0.2, -0.15) is 0 Å². The summed E-state index contributed by atoms with van der Waals surface area (Å²) >= 11 is 0. The van der Waals surface area contributed by atoms with Gasteiger partial charge in [-0.15, -0.1) is 0 Å². The summed E-state index contributed by atoms with van der Waals surface area (Å²) < 4.78 is 5.47. The molecule has 1 aromatic rings. The molecular formula is C14H18O3. The molecule has 3 nitrogen and oxygen atoms in total. The smallest absolute Gasteiger partial charge is 0.314 e. The van der Waals surface area contributed by atoms with Gasteiger partial charge in [-0.25, -0.2) is 0 Å². The molecule has 17 heavy (non-hydrogen) atoms. The summed E-state index contributed by atoms with van der Waals surface area (Å²) in [6.07, 6.45) is 1.44. The monoisotopic (exact) mass is 234 g/mol. The molecule has 1 fully saturated rings. The molecule has 0 radical (unpaired) electrons. The van der Waals surface area contributed by atoms with Crippen LogP contribution in [0.4, 0.5) is 0 Å². The van der Waals surface area contributed by atoms with Gasteiger partial charge in [0.1, 0.15) is 0 Å². The van der Waals surface area contributed by atoms with E-state index >= 15 is 0 Å². The summed E-state index contributed by atoms with van der Waals surface area (Å²) in [4.78, 5) is 11.4. The first-order valence-corrected chi connectivity index (χ1v) is 5.82. The van der Waals surface area contributed by atoms with Crippen molar-refractivity contribution in [2.24, 2.45) is 0 Å². The third-order valence-corrected chi connectivity index (χ3v) is 3.76. The fraction of sp³-hybridized carbons (Fsp3) is 0.500. The first-order valence-electron chi connectivity index (χ1n) is 5.82. The summed E-state index contributed by atoms with van der Waals surface area (Å²) in [6.45, 7) is 3.92. The summed E-state index contributed by atoms with van der Waals surface area (Å²) in [5.74, 6) is -0.725. The highest BCUT2D eigenvalue weighted by Gasteiger charge is 2.53. The Morgan fingerprint density at radius 1 is 1.35 bits per heavy atom. The van der Waals surface area contributed by atoms with E-state index < -0.39 is 17.0 Å². The van der Waals surface area contributed by atoms with Crippen molar-refractivity contribution < 1.29 is 14.6 Å². The largest absolute Gasteiger partial charge is 0.481 e. The van der Waals surface area contributed by atoms with Gasteiger partial charge in [0.05, 0.1) is 11.0 Å². The molecule has 3 heteroatoms. The maximum Gasteiger partial charge on any atom is 0.314 e. The van der Waals surface area contributed by atoms with Gasteiger partial charge in [-0.05, 0) is 37.8 Å². The van der Waals surface area contributed by atoms with Crippen molar-refractivity contribution >= 4 is 5.97 Å². The molecule has 0 aromatic heterocycles. The second kappa shape index (κ2) is 3.84. The van der Waals surface area contributed by atoms with Crippen LogP contribution in [0.5, 0.6) is 0 Å². The second-order valence-corrected chi connectivity index (χ2v) is 5.15. The van der Waals surface area contributed by atoms with Crippen LogP contribution in [0, 0.1) is 0 Å². The molecule has 0 heterocycles. The van der Waals surface area contributed by atoms with Gasteiger partial charge in [0.15, 0.2) is 0 Å². The Labute approximate surface area is 101 Å². The van der Waals surface area contributed by atoms with Crippen molar-refractivity contribution in [3.05, 3.63) is 35.4 Å². The van der Waals surface area contributed by atoms with Crippen LogP contribution in [-0.2, 0) is 20.5 Å². The highest BCUT2D eigenvalue weighted by molar-refractivity contribution is 5.85. The highest BCUT2D eigenvalue weighted by atomic mass is 16.5. The third kappa shape index (κ3) is 1.84. The van der Waals surface area contributed by atoms with E-state index in [1.165, 1.54) is 0 Å². The number of benzene rings is 1. The lowest BCUT2D eigenvalue weighted by atomic mass is 9.84. The first kappa shape index (κ1) is 12.1. The van der Waals surface area contributed by atoms with Gasteiger partial charge in [0.2, 0.25) is 0 Å². The number of aliphatic carboxylic acids is 1. The van der Waals surface area contributed by atoms with Crippen LogP contribution in [0.25, 0.3) is 0 Å². The van der Waals surface area contributed by atoms with Gasteiger partial charge >= 0.3 is 5.97 Å². The van der Waals surface area contributed by atoms with Gasteiger partial charge in [0.25, 0.3) is 0 Å². The molecule has 1 aromatic carbocycles. The number of rotatable bonds is 4. The molecule has 1 saturated carbocycles. The van der Waals surface area contributed by atoms with E-state index in [1.807, 2.05) is 38.1 Å². The SMILES string of the molecule is COC(C)(C)c1ccccc1C1(C(=O)O)CC1. The molecule has 2 rings (SSSR count). The predicted octanol–water partition coefficient (Wildman–Crippen LogP) is 2.68. The maximum absolute atomic E-state index is 11.4. The molecule has 1 N–H and O–H groups in total. The Morgan fingerprint density at radius 3 is 2.41 bits per heavy atom. The van der Waals surface area contributed by atoms with Crippen LogP contribution in [0.15, 0.2) is 24.3 Å². The number of ether oxygens (including phenoxy) is 1. The Balaban J connectivity index is 2.53. The van der Waals surface area contributed by atoms with Crippen molar-refractivity contribution in [3.8, 4) is 0 Å². The zero-order chi connectivity index (χ0) is 12.7.